The topological polar surface area (TPSA) is 12.5 Å². The molecule has 0 spiro atoms. The Hall–Kier alpha value is -1.64. The summed E-state index contributed by atoms with van der Waals surface area (Å²) in [6.45, 7) is 10.7. The highest BCUT2D eigenvalue weighted by molar-refractivity contribution is 5.28. The third-order valence-electron chi connectivity index (χ3n) is 4.76. The van der Waals surface area contributed by atoms with E-state index in [1.807, 2.05) is 0 Å². The van der Waals surface area contributed by atoms with Crippen LogP contribution in [0, 0.1) is 0 Å². The largest absolute Gasteiger partial charge is 0.375 e. The average molecular weight is 323 g/mol. The Morgan fingerprint density at radius 3 is 2.33 bits per heavy atom. The van der Waals surface area contributed by atoms with Crippen LogP contribution in [-0.2, 0) is 23.1 Å². The molecule has 1 aliphatic heterocycles. The van der Waals surface area contributed by atoms with E-state index in [4.69, 9.17) is 4.74 Å². The Balaban J connectivity index is 1.57. The fraction of sp³-hybridized carbons (Fsp3) is 0.455. The molecule has 1 aliphatic rings. The van der Waals surface area contributed by atoms with Gasteiger partial charge < -0.3 is 4.74 Å². The maximum Gasteiger partial charge on any atom is 0.0743 e. The van der Waals surface area contributed by atoms with Gasteiger partial charge >= 0.3 is 0 Å². The first-order chi connectivity index (χ1) is 11.5. The minimum atomic E-state index is 0.215. The zero-order valence-corrected chi connectivity index (χ0v) is 15.2. The molecular formula is C22H29NO. The Labute approximate surface area is 146 Å². The van der Waals surface area contributed by atoms with Crippen LogP contribution in [0.1, 0.15) is 37.5 Å². The van der Waals surface area contributed by atoms with Crippen molar-refractivity contribution in [2.75, 3.05) is 19.7 Å². The summed E-state index contributed by atoms with van der Waals surface area (Å²) in [6.07, 6.45) is 1.29. The average Bonchev–Trinajstić information content (AvgIpc) is 2.56. The fourth-order valence-corrected chi connectivity index (χ4v) is 3.29. The summed E-state index contributed by atoms with van der Waals surface area (Å²) in [5.74, 6) is 0. The van der Waals surface area contributed by atoms with Gasteiger partial charge in [-0.2, -0.15) is 0 Å². The minimum Gasteiger partial charge on any atom is -0.375 e. The molecule has 0 aromatic heterocycles. The first-order valence-electron chi connectivity index (χ1n) is 8.98. The summed E-state index contributed by atoms with van der Waals surface area (Å²) in [5, 5.41) is 0. The molecule has 1 saturated heterocycles. The normalized spacial score (nSPS) is 19.4. The summed E-state index contributed by atoms with van der Waals surface area (Å²) in [4.78, 5) is 2.51. The molecule has 0 aliphatic carbocycles. The second kappa shape index (κ2) is 7.50. The highest BCUT2D eigenvalue weighted by Gasteiger charge is 2.21. The van der Waals surface area contributed by atoms with Gasteiger partial charge in [-0.05, 0) is 28.5 Å². The summed E-state index contributed by atoms with van der Waals surface area (Å²) in [5.41, 5.74) is 4.36. The van der Waals surface area contributed by atoms with Crippen molar-refractivity contribution in [2.45, 2.75) is 45.3 Å². The summed E-state index contributed by atoms with van der Waals surface area (Å²) in [6, 6.07) is 19.8. The lowest BCUT2D eigenvalue weighted by Gasteiger charge is -2.33. The van der Waals surface area contributed by atoms with Crippen LogP contribution in [0.5, 0.6) is 0 Å². The van der Waals surface area contributed by atoms with Crippen molar-refractivity contribution in [3.05, 3.63) is 71.3 Å². The van der Waals surface area contributed by atoms with Crippen LogP contribution in [0.2, 0.25) is 0 Å². The molecule has 1 atom stereocenters. The molecule has 1 unspecified atom stereocenters. The van der Waals surface area contributed by atoms with Crippen molar-refractivity contribution in [1.82, 2.24) is 4.90 Å². The molecule has 1 fully saturated rings. The Kier molecular flexibility index (Phi) is 5.37. The number of benzene rings is 2. The molecule has 0 N–H and O–H groups in total. The fourth-order valence-electron chi connectivity index (χ4n) is 3.29. The molecule has 2 heteroatoms. The van der Waals surface area contributed by atoms with Crippen molar-refractivity contribution in [3.63, 3.8) is 0 Å². The van der Waals surface area contributed by atoms with Gasteiger partial charge in [-0.3, -0.25) is 4.90 Å². The van der Waals surface area contributed by atoms with E-state index in [1.54, 1.807) is 0 Å². The number of morpholine rings is 1. The molecule has 0 saturated carbocycles. The molecule has 24 heavy (non-hydrogen) atoms. The molecule has 2 aromatic carbocycles. The van der Waals surface area contributed by atoms with E-state index in [1.165, 1.54) is 16.7 Å². The van der Waals surface area contributed by atoms with Gasteiger partial charge in [0.15, 0.2) is 0 Å². The van der Waals surface area contributed by atoms with E-state index in [2.05, 4.69) is 80.3 Å². The molecular weight excluding hydrogens is 294 g/mol. The van der Waals surface area contributed by atoms with E-state index in [9.17, 15) is 0 Å². The van der Waals surface area contributed by atoms with Crippen molar-refractivity contribution in [3.8, 4) is 0 Å². The Bertz CT molecular complexity index is 627. The Morgan fingerprint density at radius 2 is 1.67 bits per heavy atom. The Morgan fingerprint density at radius 1 is 0.958 bits per heavy atom. The SMILES string of the molecule is CC(C)(C)c1ccc(CC2CN(Cc3ccccc3)CCO2)cc1. The van der Waals surface area contributed by atoms with Crippen LogP contribution in [0.25, 0.3) is 0 Å². The monoisotopic (exact) mass is 323 g/mol. The molecule has 2 nitrogen and oxygen atoms in total. The molecule has 0 radical (unpaired) electrons. The summed E-state index contributed by atoms with van der Waals surface area (Å²) >= 11 is 0. The zero-order valence-electron chi connectivity index (χ0n) is 15.2. The quantitative estimate of drug-likeness (QED) is 0.825. The highest BCUT2D eigenvalue weighted by atomic mass is 16.5. The second-order valence-electron chi connectivity index (χ2n) is 7.86. The summed E-state index contributed by atoms with van der Waals surface area (Å²) < 4.78 is 6.01. The van der Waals surface area contributed by atoms with Crippen LogP contribution in [-0.4, -0.2) is 30.7 Å². The second-order valence-corrected chi connectivity index (χ2v) is 7.86. The van der Waals surface area contributed by atoms with Gasteiger partial charge in [0.1, 0.15) is 0 Å². The first kappa shape index (κ1) is 17.2. The van der Waals surface area contributed by atoms with Gasteiger partial charge in [0, 0.05) is 19.6 Å². The number of hydrogen-bond acceptors (Lipinski definition) is 2. The van der Waals surface area contributed by atoms with Crippen molar-refractivity contribution in [2.24, 2.45) is 0 Å². The molecule has 128 valence electrons. The lowest BCUT2D eigenvalue weighted by Crippen LogP contribution is -2.42. The predicted octanol–water partition coefficient (Wildman–Crippen LogP) is 4.43. The van der Waals surface area contributed by atoms with Crippen molar-refractivity contribution >= 4 is 0 Å². The minimum absolute atomic E-state index is 0.215. The van der Waals surface area contributed by atoms with E-state index in [0.717, 1.165) is 32.7 Å². The van der Waals surface area contributed by atoms with Gasteiger partial charge in [-0.25, -0.2) is 0 Å². The van der Waals surface area contributed by atoms with Crippen LogP contribution in [0.3, 0.4) is 0 Å². The number of hydrogen-bond donors (Lipinski definition) is 0. The third kappa shape index (κ3) is 4.68. The smallest absolute Gasteiger partial charge is 0.0743 e. The lowest BCUT2D eigenvalue weighted by molar-refractivity contribution is -0.0304. The van der Waals surface area contributed by atoms with Crippen LogP contribution in [0.4, 0.5) is 0 Å². The van der Waals surface area contributed by atoms with E-state index >= 15 is 0 Å². The molecule has 1 heterocycles. The molecule has 0 amide bonds. The number of nitrogens with zero attached hydrogens (tertiary/aromatic N) is 1. The highest BCUT2D eigenvalue weighted by Crippen LogP contribution is 2.23. The standard InChI is InChI=1S/C22H29NO/c1-22(2,3)20-11-9-18(10-12-20)15-21-17-23(13-14-24-21)16-19-7-5-4-6-8-19/h4-12,21H,13-17H2,1-3H3. The first-order valence-corrected chi connectivity index (χ1v) is 8.98. The maximum absolute atomic E-state index is 6.01. The van der Waals surface area contributed by atoms with E-state index in [-0.39, 0.29) is 5.41 Å². The van der Waals surface area contributed by atoms with Gasteiger partial charge in [-0.15, -0.1) is 0 Å². The van der Waals surface area contributed by atoms with Crippen molar-refractivity contribution < 1.29 is 4.74 Å². The van der Waals surface area contributed by atoms with Gasteiger partial charge in [0.05, 0.1) is 12.7 Å². The number of rotatable bonds is 4. The van der Waals surface area contributed by atoms with Gasteiger partial charge in [0.2, 0.25) is 0 Å². The van der Waals surface area contributed by atoms with Crippen molar-refractivity contribution in [1.29, 1.82) is 0 Å². The molecule has 0 bridgehead atoms. The van der Waals surface area contributed by atoms with E-state index < -0.39 is 0 Å². The molecule has 3 rings (SSSR count). The third-order valence-corrected chi connectivity index (χ3v) is 4.76. The number of ether oxygens (including phenoxy) is 1. The predicted molar refractivity (Wildman–Crippen MR) is 100 cm³/mol. The van der Waals surface area contributed by atoms with Crippen LogP contribution >= 0.6 is 0 Å². The van der Waals surface area contributed by atoms with Crippen LogP contribution in [0.15, 0.2) is 54.6 Å². The molecule has 2 aromatic rings. The summed E-state index contributed by atoms with van der Waals surface area (Å²) in [7, 11) is 0. The lowest BCUT2D eigenvalue weighted by atomic mass is 9.86. The maximum atomic E-state index is 6.01. The van der Waals surface area contributed by atoms with Crippen LogP contribution < -0.4 is 0 Å². The van der Waals surface area contributed by atoms with Gasteiger partial charge in [-0.1, -0.05) is 75.4 Å². The van der Waals surface area contributed by atoms with E-state index in [0.29, 0.717) is 6.10 Å². The van der Waals surface area contributed by atoms with Gasteiger partial charge in [0.25, 0.3) is 0 Å². The zero-order chi connectivity index (χ0) is 17.0.